The molecule has 0 heterocycles. The molecule has 0 amide bonds. The van der Waals surface area contributed by atoms with Crippen LogP contribution in [-0.4, -0.2) is 43.1 Å². The van der Waals surface area contributed by atoms with Gasteiger partial charge in [0.05, 0.1) is 0 Å². The molecule has 0 rings (SSSR count). The third-order valence-corrected chi connectivity index (χ3v) is 3.92. The Morgan fingerprint density at radius 2 is 1.88 bits per heavy atom. The number of hydrogen-bond donors (Lipinski definition) is 1. The lowest BCUT2D eigenvalue weighted by Crippen LogP contribution is -2.37. The Bertz CT molecular complexity index is 189. The van der Waals surface area contributed by atoms with Crippen molar-refractivity contribution in [3.63, 3.8) is 0 Å². The number of rotatable bonds is 8. The molecule has 0 spiro atoms. The summed E-state index contributed by atoms with van der Waals surface area (Å²) < 4.78 is 0. The number of nitrogens with two attached hydrogens (primary N) is 1. The SMILES string of the molecule is CSCCC(C)N(C)CC(CN)CC(C)(C)C. The van der Waals surface area contributed by atoms with Gasteiger partial charge >= 0.3 is 0 Å². The van der Waals surface area contributed by atoms with Gasteiger partial charge in [0.2, 0.25) is 0 Å². The van der Waals surface area contributed by atoms with E-state index < -0.39 is 0 Å². The summed E-state index contributed by atoms with van der Waals surface area (Å²) in [4.78, 5) is 2.47. The molecule has 2 N–H and O–H groups in total. The van der Waals surface area contributed by atoms with E-state index in [4.69, 9.17) is 5.73 Å². The summed E-state index contributed by atoms with van der Waals surface area (Å²) in [7, 11) is 2.23. The number of hydrogen-bond acceptors (Lipinski definition) is 3. The molecular weight excluding hydrogens is 228 g/mol. The largest absolute Gasteiger partial charge is 0.330 e. The van der Waals surface area contributed by atoms with Crippen LogP contribution in [0, 0.1) is 11.3 Å². The average molecular weight is 260 g/mol. The molecule has 104 valence electrons. The van der Waals surface area contributed by atoms with E-state index >= 15 is 0 Å². The summed E-state index contributed by atoms with van der Waals surface area (Å²) in [5, 5.41) is 0. The highest BCUT2D eigenvalue weighted by molar-refractivity contribution is 7.98. The highest BCUT2D eigenvalue weighted by Gasteiger charge is 2.20. The van der Waals surface area contributed by atoms with Crippen LogP contribution in [0.2, 0.25) is 0 Å². The second-order valence-electron chi connectivity index (χ2n) is 6.44. The summed E-state index contributed by atoms with van der Waals surface area (Å²) in [5.41, 5.74) is 6.28. The second-order valence-corrected chi connectivity index (χ2v) is 7.42. The molecule has 3 heteroatoms. The molecule has 0 aromatic carbocycles. The van der Waals surface area contributed by atoms with Crippen LogP contribution in [0.15, 0.2) is 0 Å². The van der Waals surface area contributed by atoms with Crippen molar-refractivity contribution < 1.29 is 0 Å². The summed E-state index contributed by atoms with van der Waals surface area (Å²) >= 11 is 1.93. The quantitative estimate of drug-likeness (QED) is 0.727. The van der Waals surface area contributed by atoms with Crippen LogP contribution in [0.25, 0.3) is 0 Å². The van der Waals surface area contributed by atoms with E-state index in [0.717, 1.165) is 13.1 Å². The van der Waals surface area contributed by atoms with E-state index in [1.165, 1.54) is 18.6 Å². The molecule has 0 saturated carbocycles. The standard InChI is InChI=1S/C14H32N2S/c1-12(7-8-17-6)16(5)11-13(10-15)9-14(2,3)4/h12-13H,7-11,15H2,1-6H3. The Morgan fingerprint density at radius 3 is 2.29 bits per heavy atom. The molecule has 2 nitrogen and oxygen atoms in total. The summed E-state index contributed by atoms with van der Waals surface area (Å²) in [6.07, 6.45) is 4.66. The van der Waals surface area contributed by atoms with Crippen molar-refractivity contribution >= 4 is 11.8 Å². The first kappa shape index (κ1) is 17.3. The molecule has 17 heavy (non-hydrogen) atoms. The normalized spacial score (nSPS) is 16.2. The Morgan fingerprint density at radius 1 is 1.29 bits per heavy atom. The first-order chi connectivity index (χ1) is 7.80. The first-order valence-corrected chi connectivity index (χ1v) is 8.08. The molecular formula is C14H32N2S. The lowest BCUT2D eigenvalue weighted by molar-refractivity contribution is 0.183. The molecule has 0 radical (unpaired) electrons. The van der Waals surface area contributed by atoms with Crippen LogP contribution in [0.5, 0.6) is 0 Å². The highest BCUT2D eigenvalue weighted by Crippen LogP contribution is 2.24. The van der Waals surface area contributed by atoms with Crippen LogP contribution < -0.4 is 5.73 Å². The van der Waals surface area contributed by atoms with Gasteiger partial charge in [-0.25, -0.2) is 0 Å². The molecule has 0 fully saturated rings. The van der Waals surface area contributed by atoms with Crippen LogP contribution in [0.3, 0.4) is 0 Å². The van der Waals surface area contributed by atoms with Gasteiger partial charge in [-0.05, 0) is 56.7 Å². The van der Waals surface area contributed by atoms with Gasteiger partial charge in [0.15, 0.2) is 0 Å². The first-order valence-electron chi connectivity index (χ1n) is 6.69. The molecule has 0 aromatic rings. The highest BCUT2D eigenvalue weighted by atomic mass is 32.2. The Balaban J connectivity index is 4.09. The molecule has 0 aromatic heterocycles. The molecule has 2 unspecified atom stereocenters. The van der Waals surface area contributed by atoms with E-state index in [0.29, 0.717) is 17.4 Å². The zero-order valence-electron chi connectivity index (χ0n) is 12.6. The molecule has 0 aliphatic carbocycles. The number of nitrogens with zero attached hydrogens (tertiary/aromatic N) is 1. The fraction of sp³-hybridized carbons (Fsp3) is 1.00. The summed E-state index contributed by atoms with van der Waals surface area (Å²) in [6, 6.07) is 0.663. The average Bonchev–Trinajstić information content (AvgIpc) is 2.22. The Hall–Kier alpha value is 0.270. The van der Waals surface area contributed by atoms with Gasteiger partial charge in [-0.3, -0.25) is 0 Å². The van der Waals surface area contributed by atoms with Crippen LogP contribution >= 0.6 is 11.8 Å². The van der Waals surface area contributed by atoms with Crippen LogP contribution in [0.4, 0.5) is 0 Å². The van der Waals surface area contributed by atoms with E-state index in [1.54, 1.807) is 0 Å². The van der Waals surface area contributed by atoms with Gasteiger partial charge in [-0.1, -0.05) is 20.8 Å². The van der Waals surface area contributed by atoms with Gasteiger partial charge in [-0.15, -0.1) is 0 Å². The Kier molecular flexibility index (Phi) is 8.52. The van der Waals surface area contributed by atoms with E-state index in [9.17, 15) is 0 Å². The van der Waals surface area contributed by atoms with E-state index in [2.05, 4.69) is 45.9 Å². The van der Waals surface area contributed by atoms with Crippen molar-refractivity contribution in [2.75, 3.05) is 32.1 Å². The molecule has 0 bridgehead atoms. The van der Waals surface area contributed by atoms with Crippen LogP contribution in [-0.2, 0) is 0 Å². The van der Waals surface area contributed by atoms with E-state index in [-0.39, 0.29) is 0 Å². The van der Waals surface area contributed by atoms with Crippen molar-refractivity contribution in [2.45, 2.75) is 46.6 Å². The summed E-state index contributed by atoms with van der Waals surface area (Å²) in [6.45, 7) is 11.1. The van der Waals surface area contributed by atoms with E-state index in [1.807, 2.05) is 11.8 Å². The smallest absolute Gasteiger partial charge is 0.00718 e. The minimum absolute atomic E-state index is 0.382. The van der Waals surface area contributed by atoms with Gasteiger partial charge in [0, 0.05) is 12.6 Å². The lowest BCUT2D eigenvalue weighted by Gasteiger charge is -2.31. The maximum absolute atomic E-state index is 5.90. The van der Waals surface area contributed by atoms with Gasteiger partial charge in [-0.2, -0.15) is 11.8 Å². The maximum atomic E-state index is 5.90. The van der Waals surface area contributed by atoms with Gasteiger partial charge < -0.3 is 10.6 Å². The molecule has 0 aliphatic heterocycles. The predicted octanol–water partition coefficient (Wildman–Crippen LogP) is 3.07. The zero-order chi connectivity index (χ0) is 13.5. The Labute approximate surface area is 113 Å². The van der Waals surface area contributed by atoms with Gasteiger partial charge in [0.1, 0.15) is 0 Å². The minimum atomic E-state index is 0.382. The van der Waals surface area contributed by atoms with Crippen molar-refractivity contribution in [3.05, 3.63) is 0 Å². The minimum Gasteiger partial charge on any atom is -0.330 e. The fourth-order valence-electron chi connectivity index (χ4n) is 2.18. The molecule has 0 saturated heterocycles. The fourth-order valence-corrected chi connectivity index (χ4v) is 2.76. The topological polar surface area (TPSA) is 29.3 Å². The van der Waals surface area contributed by atoms with Crippen molar-refractivity contribution in [1.82, 2.24) is 4.90 Å². The third kappa shape index (κ3) is 8.92. The predicted molar refractivity (Wildman–Crippen MR) is 81.7 cm³/mol. The van der Waals surface area contributed by atoms with Crippen molar-refractivity contribution in [2.24, 2.45) is 17.1 Å². The monoisotopic (exact) mass is 260 g/mol. The van der Waals surface area contributed by atoms with Crippen molar-refractivity contribution in [1.29, 1.82) is 0 Å². The van der Waals surface area contributed by atoms with Crippen LogP contribution in [0.1, 0.15) is 40.5 Å². The number of thioether (sulfide) groups is 1. The zero-order valence-corrected chi connectivity index (χ0v) is 13.4. The molecule has 0 aliphatic rings. The second kappa shape index (κ2) is 8.39. The summed E-state index contributed by atoms with van der Waals surface area (Å²) in [5.74, 6) is 1.87. The van der Waals surface area contributed by atoms with Gasteiger partial charge in [0.25, 0.3) is 0 Å². The lowest BCUT2D eigenvalue weighted by atomic mass is 9.84. The maximum Gasteiger partial charge on any atom is 0.00718 e. The third-order valence-electron chi connectivity index (χ3n) is 3.27. The van der Waals surface area contributed by atoms with Crippen molar-refractivity contribution in [3.8, 4) is 0 Å². The molecule has 2 atom stereocenters.